The van der Waals surface area contributed by atoms with Crippen molar-refractivity contribution in [2.24, 2.45) is 17.3 Å². The Kier molecular flexibility index (Phi) is 5.13. The molecule has 2 bridgehead atoms. The fourth-order valence-electron chi connectivity index (χ4n) is 5.33. The quantitative estimate of drug-likeness (QED) is 0.491. The van der Waals surface area contributed by atoms with Crippen LogP contribution in [-0.4, -0.2) is 60.1 Å². The molecule has 3 saturated heterocycles. The van der Waals surface area contributed by atoms with Crippen molar-refractivity contribution in [3.05, 3.63) is 12.7 Å². The molecule has 4 fully saturated rings. The van der Waals surface area contributed by atoms with E-state index in [2.05, 4.69) is 6.58 Å². The van der Waals surface area contributed by atoms with Gasteiger partial charge in [-0.1, -0.05) is 6.08 Å². The van der Waals surface area contributed by atoms with Crippen LogP contribution in [0.1, 0.15) is 54.9 Å². The molecular formula is C23H34O8. The lowest BCUT2D eigenvalue weighted by molar-refractivity contribution is -0.281. The first-order valence-electron chi connectivity index (χ1n) is 10.9. The van der Waals surface area contributed by atoms with Gasteiger partial charge in [0, 0.05) is 11.8 Å². The van der Waals surface area contributed by atoms with Gasteiger partial charge in [-0.3, -0.25) is 4.79 Å². The van der Waals surface area contributed by atoms with E-state index >= 15 is 0 Å². The molecule has 4 rings (SSSR count). The number of carbonyl (C=O) groups is 2. The van der Waals surface area contributed by atoms with Crippen molar-refractivity contribution in [3.8, 4) is 0 Å². The summed E-state index contributed by atoms with van der Waals surface area (Å²) in [6.07, 6.45) is -0.519. The average Bonchev–Trinajstić information content (AvgIpc) is 3.12. The lowest BCUT2D eigenvalue weighted by Crippen LogP contribution is -2.73. The highest BCUT2D eigenvalue weighted by Crippen LogP contribution is 2.57. The van der Waals surface area contributed by atoms with Gasteiger partial charge in [0.15, 0.2) is 17.2 Å². The van der Waals surface area contributed by atoms with E-state index in [-0.39, 0.29) is 12.5 Å². The molecule has 0 N–H and O–H groups in total. The summed E-state index contributed by atoms with van der Waals surface area (Å²) in [4.78, 5) is 25.8. The van der Waals surface area contributed by atoms with Crippen LogP contribution in [-0.2, 0) is 38.0 Å². The van der Waals surface area contributed by atoms with Crippen LogP contribution in [0, 0.1) is 17.3 Å². The number of fused-ring (bicyclic) bond motifs is 6. The first kappa shape index (κ1) is 22.7. The third-order valence-electron chi connectivity index (χ3n) is 6.55. The molecule has 0 aromatic heterocycles. The van der Waals surface area contributed by atoms with Gasteiger partial charge in [0.25, 0.3) is 0 Å². The van der Waals surface area contributed by atoms with E-state index in [4.69, 9.17) is 28.4 Å². The smallest absolute Gasteiger partial charge is 0.348 e. The summed E-state index contributed by atoms with van der Waals surface area (Å²) >= 11 is 0. The van der Waals surface area contributed by atoms with E-state index < -0.39 is 64.9 Å². The standard InChI is InChI=1S/C23H34O8/c1-9-10-12-13-14-17(30-22(7,8)29-14)23(11-26-21(5,6)31-23)16(12)28-18(24)15(13)27-19(25)20(2,3)4/h9,12-17H,1,10-11H2,2-8H3/t12-,13+,14+,15+,16-,17+,23+/m1/s1. The summed E-state index contributed by atoms with van der Waals surface area (Å²) in [5, 5.41) is 0. The normalized spacial score (nSPS) is 42.7. The van der Waals surface area contributed by atoms with Crippen LogP contribution in [0.5, 0.6) is 0 Å². The fraction of sp³-hybridized carbons (Fsp3) is 0.826. The molecule has 1 spiro atoms. The minimum atomic E-state index is -1.09. The number of allylic oxidation sites excluding steroid dienone is 1. The van der Waals surface area contributed by atoms with Crippen molar-refractivity contribution in [1.82, 2.24) is 0 Å². The molecule has 1 aliphatic carbocycles. The molecule has 0 aromatic carbocycles. The zero-order valence-electron chi connectivity index (χ0n) is 19.4. The Balaban J connectivity index is 1.79. The minimum Gasteiger partial charge on any atom is -0.456 e. The molecular weight excluding hydrogens is 404 g/mol. The first-order valence-corrected chi connectivity index (χ1v) is 10.9. The summed E-state index contributed by atoms with van der Waals surface area (Å²) in [6, 6.07) is 0. The molecule has 0 amide bonds. The number of esters is 2. The summed E-state index contributed by atoms with van der Waals surface area (Å²) in [6.45, 7) is 16.6. The molecule has 174 valence electrons. The van der Waals surface area contributed by atoms with Crippen molar-refractivity contribution in [2.75, 3.05) is 6.61 Å². The Labute approximate surface area is 183 Å². The summed E-state index contributed by atoms with van der Waals surface area (Å²) in [5.41, 5.74) is -1.79. The predicted molar refractivity (Wildman–Crippen MR) is 109 cm³/mol. The molecule has 8 heteroatoms. The van der Waals surface area contributed by atoms with Crippen molar-refractivity contribution < 1.29 is 38.0 Å². The van der Waals surface area contributed by atoms with Crippen LogP contribution in [0.4, 0.5) is 0 Å². The zero-order chi connectivity index (χ0) is 23.0. The molecule has 0 aromatic rings. The molecule has 0 unspecified atom stereocenters. The summed E-state index contributed by atoms with van der Waals surface area (Å²) in [5.74, 6) is -3.52. The maximum atomic E-state index is 13.2. The van der Waals surface area contributed by atoms with Crippen LogP contribution >= 0.6 is 0 Å². The highest BCUT2D eigenvalue weighted by molar-refractivity contribution is 5.83. The van der Waals surface area contributed by atoms with E-state index in [1.807, 2.05) is 27.7 Å². The van der Waals surface area contributed by atoms with Gasteiger partial charge in [-0.15, -0.1) is 6.58 Å². The Morgan fingerprint density at radius 1 is 1.16 bits per heavy atom. The second-order valence-electron chi connectivity index (χ2n) is 11.0. The first-order chi connectivity index (χ1) is 14.2. The van der Waals surface area contributed by atoms with Crippen molar-refractivity contribution in [1.29, 1.82) is 0 Å². The Hall–Kier alpha value is -1.48. The average molecular weight is 439 g/mol. The van der Waals surface area contributed by atoms with Crippen molar-refractivity contribution in [3.63, 3.8) is 0 Å². The monoisotopic (exact) mass is 438 g/mol. The topological polar surface area (TPSA) is 89.5 Å². The third kappa shape index (κ3) is 3.61. The minimum absolute atomic E-state index is 0.200. The van der Waals surface area contributed by atoms with Gasteiger partial charge in [0.1, 0.15) is 12.2 Å². The predicted octanol–water partition coefficient (Wildman–Crippen LogP) is 2.73. The zero-order valence-corrected chi connectivity index (χ0v) is 19.4. The van der Waals surface area contributed by atoms with Gasteiger partial charge in [-0.2, -0.15) is 0 Å². The number of ether oxygens (including phenoxy) is 6. The second-order valence-corrected chi connectivity index (χ2v) is 11.0. The molecule has 3 aliphatic heterocycles. The lowest BCUT2D eigenvalue weighted by Gasteiger charge is -2.55. The Morgan fingerprint density at radius 3 is 2.39 bits per heavy atom. The highest BCUT2D eigenvalue weighted by Gasteiger charge is 2.74. The number of hydrogen-bond acceptors (Lipinski definition) is 8. The van der Waals surface area contributed by atoms with E-state index in [9.17, 15) is 9.59 Å². The number of carbonyl (C=O) groups excluding carboxylic acids is 2. The molecule has 0 radical (unpaired) electrons. The van der Waals surface area contributed by atoms with Gasteiger partial charge < -0.3 is 28.4 Å². The van der Waals surface area contributed by atoms with Gasteiger partial charge in [-0.25, -0.2) is 4.79 Å². The maximum Gasteiger partial charge on any atom is 0.348 e. The fourth-order valence-corrected chi connectivity index (χ4v) is 5.33. The third-order valence-corrected chi connectivity index (χ3v) is 6.55. The van der Waals surface area contributed by atoms with Crippen LogP contribution in [0.25, 0.3) is 0 Å². The van der Waals surface area contributed by atoms with E-state index in [0.29, 0.717) is 6.42 Å². The SMILES string of the molecule is C=CC[C@@H]1[C@H]2[C@@H]3OC(C)(C)O[C@@H]3[C@]3(COC(C)(C)O3)[C@@H]1OC(=O)[C@H]2OC(=O)C(C)(C)C. The van der Waals surface area contributed by atoms with Crippen molar-refractivity contribution >= 4 is 11.9 Å². The summed E-state index contributed by atoms with van der Waals surface area (Å²) < 4.78 is 36.7. The second kappa shape index (κ2) is 7.01. The van der Waals surface area contributed by atoms with E-state index in [1.165, 1.54) is 0 Å². The van der Waals surface area contributed by atoms with Crippen LogP contribution in [0.2, 0.25) is 0 Å². The molecule has 3 heterocycles. The maximum absolute atomic E-state index is 13.2. The molecule has 1 saturated carbocycles. The van der Waals surface area contributed by atoms with E-state index in [1.54, 1.807) is 26.8 Å². The van der Waals surface area contributed by atoms with Gasteiger partial charge >= 0.3 is 11.9 Å². The van der Waals surface area contributed by atoms with Gasteiger partial charge in [-0.05, 0) is 54.9 Å². The largest absolute Gasteiger partial charge is 0.456 e. The van der Waals surface area contributed by atoms with Crippen molar-refractivity contribution in [2.45, 2.75) is 96.5 Å². The van der Waals surface area contributed by atoms with Crippen LogP contribution in [0.15, 0.2) is 12.7 Å². The summed E-state index contributed by atoms with van der Waals surface area (Å²) in [7, 11) is 0. The highest BCUT2D eigenvalue weighted by atomic mass is 16.8. The lowest BCUT2D eigenvalue weighted by atomic mass is 9.62. The van der Waals surface area contributed by atoms with Crippen LogP contribution in [0.3, 0.4) is 0 Å². The Morgan fingerprint density at radius 2 is 1.84 bits per heavy atom. The van der Waals surface area contributed by atoms with E-state index in [0.717, 1.165) is 0 Å². The number of hydrogen-bond donors (Lipinski definition) is 0. The van der Waals surface area contributed by atoms with Gasteiger partial charge in [0.05, 0.1) is 18.1 Å². The Bertz CT molecular complexity index is 781. The van der Waals surface area contributed by atoms with Gasteiger partial charge in [0.2, 0.25) is 6.10 Å². The van der Waals surface area contributed by atoms with Crippen LogP contribution < -0.4 is 0 Å². The molecule has 31 heavy (non-hydrogen) atoms. The molecule has 7 atom stereocenters. The molecule has 4 aliphatic rings. The number of rotatable bonds is 3. The molecule has 8 nitrogen and oxygen atoms in total.